The van der Waals surface area contributed by atoms with Crippen LogP contribution >= 0.6 is 0 Å². The van der Waals surface area contributed by atoms with Crippen molar-refractivity contribution in [3.05, 3.63) is 24.2 Å². The van der Waals surface area contributed by atoms with Gasteiger partial charge in [-0.05, 0) is 31.9 Å². The molecule has 1 rings (SSSR count). The number of carbonyl (C=O) groups is 1. The molecule has 0 spiro atoms. The highest BCUT2D eigenvalue weighted by molar-refractivity contribution is 5.82. The number of ether oxygens (including phenoxy) is 1. The maximum Gasteiger partial charge on any atom is 0.227 e. The van der Waals surface area contributed by atoms with Crippen molar-refractivity contribution in [2.45, 2.75) is 33.3 Å². The third-order valence-electron chi connectivity index (χ3n) is 3.35. The summed E-state index contributed by atoms with van der Waals surface area (Å²) < 4.78 is 10.6. The van der Waals surface area contributed by atoms with Crippen LogP contribution in [0.25, 0.3) is 0 Å². The van der Waals surface area contributed by atoms with E-state index in [1.165, 1.54) is 0 Å². The van der Waals surface area contributed by atoms with Gasteiger partial charge in [-0.3, -0.25) is 4.79 Å². The number of hydrogen-bond acceptors (Lipinski definition) is 4. The van der Waals surface area contributed by atoms with E-state index in [1.807, 2.05) is 26.0 Å². The van der Waals surface area contributed by atoms with E-state index in [-0.39, 0.29) is 5.91 Å². The number of nitrogens with one attached hydrogen (secondary N) is 1. The molecule has 1 atom stereocenters. The van der Waals surface area contributed by atoms with Crippen molar-refractivity contribution >= 4 is 5.91 Å². The van der Waals surface area contributed by atoms with E-state index >= 15 is 0 Å². The molecule has 1 unspecified atom stereocenters. The molecule has 0 fully saturated rings. The predicted molar refractivity (Wildman–Crippen MR) is 73.4 cm³/mol. The van der Waals surface area contributed by atoms with Crippen LogP contribution in [-0.4, -0.2) is 25.6 Å². The van der Waals surface area contributed by atoms with Gasteiger partial charge in [0.1, 0.15) is 12.4 Å². The topological polar surface area (TPSA) is 77.5 Å². The molecule has 1 aromatic heterocycles. The molecule has 108 valence electrons. The van der Waals surface area contributed by atoms with Crippen LogP contribution in [0.1, 0.15) is 32.4 Å². The van der Waals surface area contributed by atoms with Crippen LogP contribution in [0.5, 0.6) is 0 Å². The van der Waals surface area contributed by atoms with Gasteiger partial charge in [0.2, 0.25) is 5.91 Å². The average molecular weight is 268 g/mol. The Labute approximate surface area is 114 Å². The van der Waals surface area contributed by atoms with Crippen LogP contribution in [0.2, 0.25) is 0 Å². The summed E-state index contributed by atoms with van der Waals surface area (Å²) in [5.41, 5.74) is 5.17. The Hall–Kier alpha value is -1.33. The lowest BCUT2D eigenvalue weighted by atomic mass is 9.87. The Morgan fingerprint density at radius 3 is 2.95 bits per heavy atom. The predicted octanol–water partition coefficient (Wildman–Crippen LogP) is 1.68. The van der Waals surface area contributed by atoms with Gasteiger partial charge < -0.3 is 20.2 Å². The minimum absolute atomic E-state index is 0.0172. The normalized spacial score (nSPS) is 14.1. The van der Waals surface area contributed by atoms with Crippen molar-refractivity contribution in [1.82, 2.24) is 5.32 Å². The molecule has 0 radical (unpaired) electrons. The Balaban J connectivity index is 2.09. The summed E-state index contributed by atoms with van der Waals surface area (Å²) in [5.74, 6) is 0.828. The number of rotatable bonds is 9. The molecule has 1 heterocycles. The van der Waals surface area contributed by atoms with Gasteiger partial charge in [-0.15, -0.1) is 0 Å². The zero-order valence-corrected chi connectivity index (χ0v) is 11.8. The highest BCUT2D eigenvalue weighted by Crippen LogP contribution is 2.18. The fourth-order valence-corrected chi connectivity index (χ4v) is 1.55. The summed E-state index contributed by atoms with van der Waals surface area (Å²) in [6, 6.07) is 3.70. The molecule has 5 heteroatoms. The molecule has 0 aliphatic carbocycles. The van der Waals surface area contributed by atoms with Crippen molar-refractivity contribution in [3.8, 4) is 0 Å². The van der Waals surface area contributed by atoms with Gasteiger partial charge in [0.15, 0.2) is 0 Å². The monoisotopic (exact) mass is 268 g/mol. The van der Waals surface area contributed by atoms with Gasteiger partial charge in [-0.2, -0.15) is 0 Å². The molecule has 3 N–H and O–H groups in total. The van der Waals surface area contributed by atoms with E-state index in [9.17, 15) is 4.79 Å². The molecule has 0 aromatic carbocycles. The molecule has 0 aliphatic heterocycles. The number of nitrogens with two attached hydrogens (primary N) is 1. The van der Waals surface area contributed by atoms with Crippen LogP contribution in [0.4, 0.5) is 0 Å². The summed E-state index contributed by atoms with van der Waals surface area (Å²) in [4.78, 5) is 11.9. The Kier molecular flexibility index (Phi) is 6.59. The van der Waals surface area contributed by atoms with E-state index in [2.05, 4.69) is 5.32 Å². The lowest BCUT2D eigenvalue weighted by molar-refractivity contribution is -0.129. The molecule has 0 bridgehead atoms. The zero-order chi connectivity index (χ0) is 14.1. The summed E-state index contributed by atoms with van der Waals surface area (Å²) in [7, 11) is 0. The van der Waals surface area contributed by atoms with E-state index < -0.39 is 5.41 Å². The van der Waals surface area contributed by atoms with E-state index in [4.69, 9.17) is 14.9 Å². The van der Waals surface area contributed by atoms with Crippen LogP contribution in [0, 0.1) is 5.41 Å². The quantitative estimate of drug-likeness (QED) is 0.668. The van der Waals surface area contributed by atoms with Gasteiger partial charge >= 0.3 is 0 Å². The van der Waals surface area contributed by atoms with Gasteiger partial charge in [0, 0.05) is 19.7 Å². The molecular weight excluding hydrogens is 244 g/mol. The number of furan rings is 1. The second kappa shape index (κ2) is 7.96. The standard InChI is InChI=1S/C14H24N2O3/c1-3-14(2,11-15)13(17)16-7-5-8-18-10-12-6-4-9-19-12/h4,6,9H,3,5,7-8,10-11,15H2,1-2H3,(H,16,17). The Morgan fingerprint density at radius 1 is 1.58 bits per heavy atom. The first-order chi connectivity index (χ1) is 9.12. The highest BCUT2D eigenvalue weighted by Gasteiger charge is 2.28. The first-order valence-corrected chi connectivity index (χ1v) is 6.71. The van der Waals surface area contributed by atoms with E-state index in [1.54, 1.807) is 6.26 Å². The molecule has 19 heavy (non-hydrogen) atoms. The number of hydrogen-bond donors (Lipinski definition) is 2. The highest BCUT2D eigenvalue weighted by atomic mass is 16.5. The lowest BCUT2D eigenvalue weighted by Gasteiger charge is -2.24. The fourth-order valence-electron chi connectivity index (χ4n) is 1.55. The van der Waals surface area contributed by atoms with Crippen molar-refractivity contribution < 1.29 is 13.9 Å². The summed E-state index contributed by atoms with van der Waals surface area (Å²) >= 11 is 0. The number of amides is 1. The molecule has 1 amide bonds. The number of carbonyl (C=O) groups excluding carboxylic acids is 1. The van der Waals surface area contributed by atoms with E-state index in [0.717, 1.165) is 18.6 Å². The maximum atomic E-state index is 11.9. The molecule has 0 saturated carbocycles. The molecular formula is C14H24N2O3. The second-order valence-electron chi connectivity index (χ2n) is 4.86. The molecule has 5 nitrogen and oxygen atoms in total. The first kappa shape index (κ1) is 15.7. The van der Waals surface area contributed by atoms with Crippen molar-refractivity contribution in [3.63, 3.8) is 0 Å². The van der Waals surface area contributed by atoms with Crippen molar-refractivity contribution in [1.29, 1.82) is 0 Å². The average Bonchev–Trinajstić information content (AvgIpc) is 2.94. The fraction of sp³-hybridized carbons (Fsp3) is 0.643. The summed E-state index contributed by atoms with van der Waals surface area (Å²) in [6.45, 7) is 5.88. The van der Waals surface area contributed by atoms with Crippen LogP contribution in [0.15, 0.2) is 22.8 Å². The van der Waals surface area contributed by atoms with Crippen LogP contribution in [-0.2, 0) is 16.1 Å². The molecule has 1 aromatic rings. The Bertz CT molecular complexity index is 359. The molecule has 0 aliphatic rings. The van der Waals surface area contributed by atoms with Gasteiger partial charge in [0.05, 0.1) is 11.7 Å². The summed E-state index contributed by atoms with van der Waals surface area (Å²) in [5, 5.41) is 2.90. The second-order valence-corrected chi connectivity index (χ2v) is 4.86. The zero-order valence-electron chi connectivity index (χ0n) is 11.8. The largest absolute Gasteiger partial charge is 0.467 e. The lowest BCUT2D eigenvalue weighted by Crippen LogP contribution is -2.43. The van der Waals surface area contributed by atoms with Gasteiger partial charge in [-0.25, -0.2) is 0 Å². The third-order valence-corrected chi connectivity index (χ3v) is 3.35. The smallest absolute Gasteiger partial charge is 0.227 e. The minimum atomic E-state index is -0.463. The Morgan fingerprint density at radius 2 is 2.37 bits per heavy atom. The molecule has 0 saturated heterocycles. The van der Waals surface area contributed by atoms with Gasteiger partial charge in [0.25, 0.3) is 0 Å². The van der Waals surface area contributed by atoms with Crippen LogP contribution < -0.4 is 11.1 Å². The van der Waals surface area contributed by atoms with Gasteiger partial charge in [-0.1, -0.05) is 6.92 Å². The van der Waals surface area contributed by atoms with Crippen molar-refractivity contribution in [2.75, 3.05) is 19.7 Å². The minimum Gasteiger partial charge on any atom is -0.467 e. The van der Waals surface area contributed by atoms with Crippen molar-refractivity contribution in [2.24, 2.45) is 11.1 Å². The SMILES string of the molecule is CCC(C)(CN)C(=O)NCCCOCc1ccco1. The third kappa shape index (κ3) is 5.04. The first-order valence-electron chi connectivity index (χ1n) is 6.71. The van der Waals surface area contributed by atoms with Crippen LogP contribution in [0.3, 0.4) is 0 Å². The maximum absolute atomic E-state index is 11.9. The van der Waals surface area contributed by atoms with E-state index in [0.29, 0.717) is 26.3 Å². The summed E-state index contributed by atoms with van der Waals surface area (Å²) in [6.07, 6.45) is 3.14.